The van der Waals surface area contributed by atoms with E-state index in [0.29, 0.717) is 6.54 Å². The molecule has 0 radical (unpaired) electrons. The number of anilines is 3. The highest BCUT2D eigenvalue weighted by Gasteiger charge is 2.25. The molecule has 0 aliphatic carbocycles. The molecule has 1 aromatic heterocycles. The Morgan fingerprint density at radius 3 is 1.88 bits per heavy atom. The number of carbonyl (C=O) groups excluding carboxylic acids is 1. The third kappa shape index (κ3) is 8.38. The summed E-state index contributed by atoms with van der Waals surface area (Å²) in [6.07, 6.45) is 0.912. The Morgan fingerprint density at radius 2 is 1.31 bits per heavy atom. The molecular weight excluding hydrogens is 550 g/mol. The zero-order chi connectivity index (χ0) is 30.8. The van der Waals surface area contributed by atoms with Crippen LogP contribution in [0.1, 0.15) is 5.56 Å². The number of carboxylic acids is 4. The van der Waals surface area contributed by atoms with Crippen LogP contribution in [0.3, 0.4) is 0 Å². The molecule has 1 saturated heterocycles. The minimum Gasteiger partial charge on any atom is -0.473 e. The summed E-state index contributed by atoms with van der Waals surface area (Å²) >= 11 is 0. The lowest BCUT2D eigenvalue weighted by Gasteiger charge is -2.35. The van der Waals surface area contributed by atoms with Crippen molar-refractivity contribution in [1.82, 2.24) is 9.88 Å². The molecule has 5 rings (SSSR count). The number of fused-ring (bicyclic) bond motifs is 2. The molecule has 2 aromatic carbocycles. The molecule has 0 spiro atoms. The fraction of sp³-hybridized carbons (Fsp3) is 0.286. The van der Waals surface area contributed by atoms with Gasteiger partial charge in [0.2, 0.25) is 5.91 Å². The monoisotopic (exact) mass is 581 g/mol. The second-order valence-electron chi connectivity index (χ2n) is 9.35. The van der Waals surface area contributed by atoms with Crippen molar-refractivity contribution in [3.8, 4) is 0 Å². The molecule has 2 aliphatic rings. The summed E-state index contributed by atoms with van der Waals surface area (Å²) in [7, 11) is 2.06. The number of nitrogens with zero attached hydrogens (tertiary/aromatic N) is 4. The minimum absolute atomic E-state index is 0.0521. The van der Waals surface area contributed by atoms with Gasteiger partial charge in [-0.25, -0.2) is 24.2 Å². The zero-order valence-corrected chi connectivity index (χ0v) is 22.8. The molecule has 5 N–H and O–H groups in total. The van der Waals surface area contributed by atoms with Crippen molar-refractivity contribution in [2.24, 2.45) is 0 Å². The number of amides is 1. The van der Waals surface area contributed by atoms with E-state index in [2.05, 4.69) is 57.4 Å². The lowest BCUT2D eigenvalue weighted by atomic mass is 10.1. The van der Waals surface area contributed by atoms with E-state index in [1.165, 1.54) is 5.69 Å². The van der Waals surface area contributed by atoms with Crippen molar-refractivity contribution < 1.29 is 44.4 Å². The van der Waals surface area contributed by atoms with Crippen molar-refractivity contribution in [1.29, 1.82) is 0 Å². The molecule has 222 valence electrons. The fourth-order valence-corrected chi connectivity index (χ4v) is 4.50. The number of aromatic nitrogens is 1. The van der Waals surface area contributed by atoms with Crippen LogP contribution in [0.2, 0.25) is 0 Å². The van der Waals surface area contributed by atoms with Gasteiger partial charge in [0.1, 0.15) is 5.82 Å². The highest BCUT2D eigenvalue weighted by Crippen LogP contribution is 2.36. The van der Waals surface area contributed by atoms with Crippen LogP contribution in [-0.4, -0.2) is 106 Å². The van der Waals surface area contributed by atoms with Crippen LogP contribution in [0.25, 0.3) is 10.9 Å². The number of likely N-dealkylation sites (N-methyl/N-ethyl adjacent to an activating group) is 1. The third-order valence-electron chi connectivity index (χ3n) is 6.52. The Morgan fingerprint density at radius 1 is 0.762 bits per heavy atom. The van der Waals surface area contributed by atoms with Gasteiger partial charge in [-0.3, -0.25) is 9.69 Å². The van der Waals surface area contributed by atoms with Gasteiger partial charge >= 0.3 is 23.9 Å². The van der Waals surface area contributed by atoms with E-state index in [-0.39, 0.29) is 5.91 Å². The van der Waals surface area contributed by atoms with E-state index >= 15 is 0 Å². The van der Waals surface area contributed by atoms with Gasteiger partial charge in [-0.2, -0.15) is 0 Å². The molecule has 14 nitrogen and oxygen atoms in total. The van der Waals surface area contributed by atoms with Crippen LogP contribution in [-0.2, 0) is 30.4 Å². The van der Waals surface area contributed by atoms with Gasteiger partial charge in [0.05, 0.1) is 17.7 Å². The number of carboxylic acid groups (broad SMARTS) is 4. The normalized spacial score (nSPS) is 14.0. The standard InChI is InChI=1S/C24H27N5O.2C2H2O4/c1-27-12-11-20-23(19-9-5-6-10-21(19)25-24(20)27)26-22(30)17-28-13-15-29(16-14-28)18-7-3-2-4-8-18;2*3-1(4)2(5)6/h2-10H,11-17H2,1H3,(H,25,26,30);2*(H,3,4)(H,5,6). The van der Waals surface area contributed by atoms with Gasteiger partial charge < -0.3 is 35.5 Å². The van der Waals surface area contributed by atoms with Crippen LogP contribution in [0, 0.1) is 0 Å². The summed E-state index contributed by atoms with van der Waals surface area (Å²) in [6.45, 7) is 5.01. The van der Waals surface area contributed by atoms with Gasteiger partial charge in [0.25, 0.3) is 0 Å². The van der Waals surface area contributed by atoms with Crippen molar-refractivity contribution in [2.45, 2.75) is 6.42 Å². The number of carbonyl (C=O) groups is 5. The molecule has 3 heterocycles. The van der Waals surface area contributed by atoms with Gasteiger partial charge in [-0.15, -0.1) is 0 Å². The highest BCUT2D eigenvalue weighted by atomic mass is 16.4. The lowest BCUT2D eigenvalue weighted by Crippen LogP contribution is -2.48. The van der Waals surface area contributed by atoms with Crippen LogP contribution in [0.5, 0.6) is 0 Å². The van der Waals surface area contributed by atoms with E-state index < -0.39 is 23.9 Å². The Kier molecular flexibility index (Phi) is 10.7. The van der Waals surface area contributed by atoms with E-state index in [0.717, 1.165) is 67.1 Å². The number of pyridine rings is 1. The van der Waals surface area contributed by atoms with Gasteiger partial charge in [0.15, 0.2) is 0 Å². The second-order valence-corrected chi connectivity index (χ2v) is 9.35. The first-order valence-electron chi connectivity index (χ1n) is 12.8. The predicted molar refractivity (Wildman–Crippen MR) is 153 cm³/mol. The molecule has 2 aliphatic heterocycles. The maximum atomic E-state index is 13.0. The average Bonchev–Trinajstić information content (AvgIpc) is 3.34. The molecule has 0 atom stereocenters. The summed E-state index contributed by atoms with van der Waals surface area (Å²) in [5, 5.41) is 33.8. The summed E-state index contributed by atoms with van der Waals surface area (Å²) in [6, 6.07) is 18.6. The molecule has 1 fully saturated rings. The van der Waals surface area contributed by atoms with Crippen LogP contribution in [0.15, 0.2) is 54.6 Å². The summed E-state index contributed by atoms with van der Waals surface area (Å²) in [5.41, 5.74) is 4.27. The maximum absolute atomic E-state index is 13.0. The Bertz CT molecular complexity index is 1410. The number of piperazine rings is 1. The number of benzene rings is 2. The van der Waals surface area contributed by atoms with E-state index in [4.69, 9.17) is 44.6 Å². The number of hydrogen-bond donors (Lipinski definition) is 5. The molecule has 3 aromatic rings. The molecule has 1 amide bonds. The van der Waals surface area contributed by atoms with Crippen LogP contribution >= 0.6 is 0 Å². The Hall–Kier alpha value is -5.24. The first-order valence-corrected chi connectivity index (χ1v) is 12.8. The average molecular weight is 582 g/mol. The third-order valence-corrected chi connectivity index (χ3v) is 6.52. The molecule has 42 heavy (non-hydrogen) atoms. The number of hydrogen-bond acceptors (Lipinski definition) is 9. The lowest BCUT2D eigenvalue weighted by molar-refractivity contribution is -0.159. The van der Waals surface area contributed by atoms with Gasteiger partial charge in [0, 0.05) is 56.4 Å². The van der Waals surface area contributed by atoms with E-state index in [1.54, 1.807) is 0 Å². The topological polar surface area (TPSA) is 201 Å². The van der Waals surface area contributed by atoms with Crippen molar-refractivity contribution in [3.05, 3.63) is 60.2 Å². The number of nitrogens with one attached hydrogen (secondary N) is 1. The predicted octanol–water partition coefficient (Wildman–Crippen LogP) is 1.30. The zero-order valence-electron chi connectivity index (χ0n) is 22.8. The number of rotatable bonds is 4. The quantitative estimate of drug-likeness (QED) is 0.276. The Labute approximate surface area is 240 Å². The summed E-state index contributed by atoms with van der Waals surface area (Å²) in [4.78, 5) is 61.0. The van der Waals surface area contributed by atoms with E-state index in [1.807, 2.05) is 24.3 Å². The number of aliphatic carboxylic acids is 4. The second kappa shape index (κ2) is 14.4. The molecule has 0 bridgehead atoms. The SMILES string of the molecule is CN1CCc2c1nc1ccccc1c2NC(=O)CN1CCN(c2ccccc2)CC1.O=C(O)C(=O)O.O=C(O)C(=O)O. The van der Waals surface area contributed by atoms with Gasteiger partial charge in [-0.05, 0) is 24.6 Å². The Balaban J connectivity index is 0.000000342. The van der Waals surface area contributed by atoms with Crippen molar-refractivity contribution in [2.75, 3.05) is 61.4 Å². The van der Waals surface area contributed by atoms with E-state index in [9.17, 15) is 4.79 Å². The van der Waals surface area contributed by atoms with Crippen LogP contribution < -0.4 is 15.1 Å². The van der Waals surface area contributed by atoms with Crippen molar-refractivity contribution >= 4 is 57.9 Å². The van der Waals surface area contributed by atoms with Gasteiger partial charge in [-0.1, -0.05) is 36.4 Å². The van der Waals surface area contributed by atoms with Crippen LogP contribution in [0.4, 0.5) is 17.2 Å². The molecular formula is C28H31N5O9. The summed E-state index contributed by atoms with van der Waals surface area (Å²) in [5.74, 6) is -6.26. The summed E-state index contributed by atoms with van der Waals surface area (Å²) < 4.78 is 0. The highest BCUT2D eigenvalue weighted by molar-refractivity contribution is 6.27. The largest absolute Gasteiger partial charge is 0.473 e. The fourth-order valence-electron chi connectivity index (χ4n) is 4.50. The van der Waals surface area contributed by atoms with Crippen molar-refractivity contribution in [3.63, 3.8) is 0 Å². The smallest absolute Gasteiger partial charge is 0.414 e. The molecule has 0 unspecified atom stereocenters. The minimum atomic E-state index is -1.82. The molecule has 0 saturated carbocycles. The maximum Gasteiger partial charge on any atom is 0.414 e. The first-order chi connectivity index (χ1) is 20.0. The number of para-hydroxylation sites is 2. The molecule has 14 heteroatoms. The first kappa shape index (κ1) is 31.3.